The van der Waals surface area contributed by atoms with Crippen LogP contribution in [-0.4, -0.2) is 19.3 Å². The van der Waals surface area contributed by atoms with Crippen molar-refractivity contribution < 1.29 is 0 Å². The highest BCUT2D eigenvalue weighted by Crippen LogP contribution is 2.23. The molecule has 2 nitrogen and oxygen atoms in total. The molecule has 23 heavy (non-hydrogen) atoms. The Morgan fingerprint density at radius 1 is 1.00 bits per heavy atom. The number of aryl methyl sites for hydroxylation is 1. The topological polar surface area (TPSA) is 15.6 Å². The zero-order valence-corrected chi connectivity index (χ0v) is 14.4. The molecule has 3 rings (SSSR count). The molecule has 0 unspecified atom stereocenters. The lowest BCUT2D eigenvalue weighted by molar-refractivity contribution is 0.867. The maximum absolute atomic E-state index is 4.63. The summed E-state index contributed by atoms with van der Waals surface area (Å²) in [5.74, 6) is 0.563. The van der Waals surface area contributed by atoms with Crippen LogP contribution in [0.4, 0.5) is 11.4 Å². The smallest absolute Gasteiger partial charge is 0.0630 e. The summed E-state index contributed by atoms with van der Waals surface area (Å²) in [6.07, 6.45) is 4.61. The Labute approximate surface area is 139 Å². The van der Waals surface area contributed by atoms with Gasteiger partial charge in [0.25, 0.3) is 0 Å². The van der Waals surface area contributed by atoms with Gasteiger partial charge in [-0.25, -0.2) is 0 Å². The van der Waals surface area contributed by atoms with Crippen molar-refractivity contribution in [3.63, 3.8) is 0 Å². The molecule has 0 aromatic heterocycles. The summed E-state index contributed by atoms with van der Waals surface area (Å²) in [6.45, 7) is 8.97. The molecule has 0 atom stereocenters. The standard InChI is InChI=1S/C21H26N2/c1-16(2)18-6-9-20(10-7-18)22-15-19-8-11-21(14-17(19)3)23-12-4-5-13-23/h6-11,14-16H,4-5,12-13H2,1-3H3. The van der Waals surface area contributed by atoms with Crippen molar-refractivity contribution in [2.75, 3.05) is 18.0 Å². The zero-order valence-electron chi connectivity index (χ0n) is 14.4. The van der Waals surface area contributed by atoms with Crippen LogP contribution in [0.3, 0.4) is 0 Å². The third kappa shape index (κ3) is 3.82. The Hall–Kier alpha value is -2.09. The minimum atomic E-state index is 0.563. The Morgan fingerprint density at radius 2 is 1.70 bits per heavy atom. The van der Waals surface area contributed by atoms with Crippen LogP contribution >= 0.6 is 0 Å². The molecule has 0 radical (unpaired) electrons. The van der Waals surface area contributed by atoms with Gasteiger partial charge < -0.3 is 4.90 Å². The highest BCUT2D eigenvalue weighted by Gasteiger charge is 2.12. The summed E-state index contributed by atoms with van der Waals surface area (Å²) in [5.41, 5.74) is 6.20. The maximum Gasteiger partial charge on any atom is 0.0630 e. The van der Waals surface area contributed by atoms with Crippen molar-refractivity contribution in [2.45, 2.75) is 39.5 Å². The van der Waals surface area contributed by atoms with Gasteiger partial charge >= 0.3 is 0 Å². The van der Waals surface area contributed by atoms with Crippen molar-refractivity contribution in [1.82, 2.24) is 0 Å². The molecule has 0 bridgehead atoms. The fourth-order valence-corrected chi connectivity index (χ4v) is 3.07. The molecule has 0 aliphatic carbocycles. The molecule has 1 aliphatic rings. The molecule has 1 fully saturated rings. The van der Waals surface area contributed by atoms with Crippen LogP contribution in [0, 0.1) is 6.92 Å². The zero-order chi connectivity index (χ0) is 16.2. The number of benzene rings is 2. The average molecular weight is 306 g/mol. The van der Waals surface area contributed by atoms with E-state index in [0.717, 1.165) is 5.69 Å². The number of nitrogens with zero attached hydrogens (tertiary/aromatic N) is 2. The normalized spacial score (nSPS) is 15.0. The molecule has 2 heteroatoms. The van der Waals surface area contributed by atoms with Crippen LogP contribution in [0.1, 0.15) is 49.3 Å². The number of rotatable bonds is 4. The molecule has 0 spiro atoms. The first kappa shape index (κ1) is 15.8. The Bertz CT molecular complexity index is 677. The first-order chi connectivity index (χ1) is 11.1. The lowest BCUT2D eigenvalue weighted by atomic mass is 10.0. The summed E-state index contributed by atoms with van der Waals surface area (Å²) in [6, 6.07) is 15.2. The minimum Gasteiger partial charge on any atom is -0.372 e. The average Bonchev–Trinajstić information content (AvgIpc) is 3.08. The highest BCUT2D eigenvalue weighted by atomic mass is 15.1. The van der Waals surface area contributed by atoms with E-state index in [-0.39, 0.29) is 0 Å². The maximum atomic E-state index is 4.63. The van der Waals surface area contributed by atoms with Gasteiger partial charge in [0.1, 0.15) is 0 Å². The highest BCUT2D eigenvalue weighted by molar-refractivity contribution is 5.84. The second kappa shape index (κ2) is 6.99. The Balaban J connectivity index is 1.74. The van der Waals surface area contributed by atoms with Gasteiger partial charge in [-0.3, -0.25) is 4.99 Å². The van der Waals surface area contributed by atoms with Crippen molar-refractivity contribution in [2.24, 2.45) is 4.99 Å². The predicted molar refractivity (Wildman–Crippen MR) is 100 cm³/mol. The van der Waals surface area contributed by atoms with Gasteiger partial charge in [0.15, 0.2) is 0 Å². The number of aliphatic imine (C=N–C) groups is 1. The molecule has 1 heterocycles. The molecule has 0 saturated carbocycles. The first-order valence-corrected chi connectivity index (χ1v) is 8.63. The van der Waals surface area contributed by atoms with Crippen LogP contribution in [-0.2, 0) is 0 Å². The SMILES string of the molecule is Cc1cc(N2CCCC2)ccc1C=Nc1ccc(C(C)C)cc1. The molecule has 120 valence electrons. The van der Waals surface area contributed by atoms with Gasteiger partial charge in [-0.05, 0) is 66.6 Å². The van der Waals surface area contributed by atoms with E-state index < -0.39 is 0 Å². The lowest BCUT2D eigenvalue weighted by Crippen LogP contribution is -2.17. The molecule has 1 aliphatic heterocycles. The monoisotopic (exact) mass is 306 g/mol. The third-order valence-corrected chi connectivity index (χ3v) is 4.64. The number of hydrogen-bond donors (Lipinski definition) is 0. The van der Waals surface area contributed by atoms with Crippen LogP contribution in [0.15, 0.2) is 47.5 Å². The molecule has 2 aromatic rings. The second-order valence-corrected chi connectivity index (χ2v) is 6.74. The van der Waals surface area contributed by atoms with Gasteiger partial charge in [-0.2, -0.15) is 0 Å². The van der Waals surface area contributed by atoms with Gasteiger partial charge in [0.2, 0.25) is 0 Å². The van der Waals surface area contributed by atoms with Crippen LogP contribution < -0.4 is 4.90 Å². The van der Waals surface area contributed by atoms with E-state index in [1.807, 2.05) is 6.21 Å². The van der Waals surface area contributed by atoms with Crippen molar-refractivity contribution >= 4 is 17.6 Å². The van der Waals surface area contributed by atoms with Crippen molar-refractivity contribution in [3.8, 4) is 0 Å². The van der Waals surface area contributed by atoms with Crippen LogP contribution in [0.5, 0.6) is 0 Å². The van der Waals surface area contributed by atoms with Gasteiger partial charge in [0.05, 0.1) is 5.69 Å². The quantitative estimate of drug-likeness (QED) is 0.684. The second-order valence-electron chi connectivity index (χ2n) is 6.74. The van der Waals surface area contributed by atoms with Crippen LogP contribution in [0.25, 0.3) is 0 Å². The Morgan fingerprint density at radius 3 is 2.30 bits per heavy atom. The third-order valence-electron chi connectivity index (χ3n) is 4.64. The summed E-state index contributed by atoms with van der Waals surface area (Å²) in [7, 11) is 0. The fraction of sp³-hybridized carbons (Fsp3) is 0.381. The van der Waals surface area contributed by atoms with E-state index in [4.69, 9.17) is 0 Å². The van der Waals surface area contributed by atoms with Gasteiger partial charge in [0, 0.05) is 25.0 Å². The molecule has 2 aromatic carbocycles. The molecule has 1 saturated heterocycles. The predicted octanol–water partition coefficient (Wildman–Crippen LogP) is 5.47. The van der Waals surface area contributed by atoms with Crippen LogP contribution in [0.2, 0.25) is 0 Å². The molecule has 0 amide bonds. The first-order valence-electron chi connectivity index (χ1n) is 8.63. The van der Waals surface area contributed by atoms with Crippen molar-refractivity contribution in [3.05, 3.63) is 59.2 Å². The summed E-state index contributed by atoms with van der Waals surface area (Å²) in [5, 5.41) is 0. The minimum absolute atomic E-state index is 0.563. The van der Waals surface area contributed by atoms with E-state index in [0.29, 0.717) is 5.92 Å². The molecular weight excluding hydrogens is 280 g/mol. The van der Waals surface area contributed by atoms with E-state index in [1.54, 1.807) is 0 Å². The largest absolute Gasteiger partial charge is 0.372 e. The summed E-state index contributed by atoms with van der Waals surface area (Å²) >= 11 is 0. The number of hydrogen-bond acceptors (Lipinski definition) is 2. The van der Waals surface area contributed by atoms with E-state index in [2.05, 4.69) is 73.1 Å². The Kier molecular flexibility index (Phi) is 4.80. The number of anilines is 1. The lowest BCUT2D eigenvalue weighted by Gasteiger charge is -2.18. The van der Waals surface area contributed by atoms with E-state index in [9.17, 15) is 0 Å². The molecule has 0 N–H and O–H groups in total. The van der Waals surface area contributed by atoms with E-state index >= 15 is 0 Å². The summed E-state index contributed by atoms with van der Waals surface area (Å²) < 4.78 is 0. The van der Waals surface area contributed by atoms with Gasteiger partial charge in [-0.1, -0.05) is 32.0 Å². The fourth-order valence-electron chi connectivity index (χ4n) is 3.07. The van der Waals surface area contributed by atoms with Crippen molar-refractivity contribution in [1.29, 1.82) is 0 Å². The molecular formula is C21H26N2. The van der Waals surface area contributed by atoms with Gasteiger partial charge in [-0.15, -0.1) is 0 Å². The summed E-state index contributed by atoms with van der Waals surface area (Å²) in [4.78, 5) is 7.10. The van der Waals surface area contributed by atoms with E-state index in [1.165, 1.54) is 48.3 Å².